The molecule has 0 spiro atoms. The van der Waals surface area contributed by atoms with Gasteiger partial charge in [-0.15, -0.1) is 0 Å². The lowest BCUT2D eigenvalue weighted by atomic mass is 10.2. The number of hydrogen-bond donors (Lipinski definition) is 3. The molecular formula is C14H15O6P. The van der Waals surface area contributed by atoms with Crippen LogP contribution in [0.1, 0.15) is 11.1 Å². The van der Waals surface area contributed by atoms with Crippen LogP contribution in [0.25, 0.3) is 0 Å². The number of rotatable bonds is 6. The number of benzene rings is 2. The van der Waals surface area contributed by atoms with E-state index < -0.39 is 7.82 Å². The Kier molecular flexibility index (Phi) is 4.98. The van der Waals surface area contributed by atoms with Gasteiger partial charge in [0.15, 0.2) is 0 Å². The van der Waals surface area contributed by atoms with Crippen LogP contribution in [0.15, 0.2) is 48.5 Å². The molecule has 0 atom stereocenters. The van der Waals surface area contributed by atoms with Crippen molar-refractivity contribution < 1.29 is 28.7 Å². The van der Waals surface area contributed by atoms with Crippen molar-refractivity contribution in [1.29, 1.82) is 0 Å². The molecule has 2 rings (SSSR count). The van der Waals surface area contributed by atoms with Gasteiger partial charge in [0.05, 0.1) is 13.2 Å². The van der Waals surface area contributed by atoms with E-state index in [1.54, 1.807) is 36.4 Å². The van der Waals surface area contributed by atoms with Crippen LogP contribution < -0.4 is 9.05 Å². The summed E-state index contributed by atoms with van der Waals surface area (Å²) in [5.74, 6) is 0.125. The van der Waals surface area contributed by atoms with Gasteiger partial charge in [-0.2, -0.15) is 0 Å². The predicted octanol–water partition coefficient (Wildman–Crippen LogP) is 2.23. The highest BCUT2D eigenvalue weighted by molar-refractivity contribution is 7.48. The summed E-state index contributed by atoms with van der Waals surface area (Å²) in [6.07, 6.45) is 0. The monoisotopic (exact) mass is 310 g/mol. The minimum absolute atomic E-state index is 0.0623. The average Bonchev–Trinajstić information content (AvgIpc) is 2.47. The highest BCUT2D eigenvalue weighted by Crippen LogP contribution is 2.46. The Bertz CT molecular complexity index is 604. The smallest absolute Gasteiger partial charge is 0.395 e. The average molecular weight is 310 g/mol. The minimum Gasteiger partial charge on any atom is -0.395 e. The highest BCUT2D eigenvalue weighted by atomic mass is 31.2. The molecule has 112 valence electrons. The Morgan fingerprint density at radius 2 is 1.19 bits per heavy atom. The van der Waals surface area contributed by atoms with Gasteiger partial charge in [-0.25, -0.2) is 4.57 Å². The summed E-state index contributed by atoms with van der Waals surface area (Å²) in [5.41, 5.74) is 0.733. The summed E-state index contributed by atoms with van der Waals surface area (Å²) >= 11 is 0. The van der Waals surface area contributed by atoms with Gasteiger partial charge in [0, 0.05) is 11.1 Å². The van der Waals surface area contributed by atoms with Gasteiger partial charge >= 0.3 is 7.82 Å². The molecule has 0 aliphatic carbocycles. The first-order valence-electron chi connectivity index (χ1n) is 6.15. The van der Waals surface area contributed by atoms with Crippen molar-refractivity contribution in [1.82, 2.24) is 0 Å². The molecule has 2 aromatic carbocycles. The van der Waals surface area contributed by atoms with E-state index in [-0.39, 0.29) is 24.7 Å². The number of aliphatic hydroxyl groups is 2. The molecule has 0 bridgehead atoms. The Morgan fingerprint density at radius 1 is 0.810 bits per heavy atom. The van der Waals surface area contributed by atoms with Crippen molar-refractivity contribution in [3.8, 4) is 11.5 Å². The lowest BCUT2D eigenvalue weighted by molar-refractivity contribution is 0.260. The summed E-state index contributed by atoms with van der Waals surface area (Å²) in [6, 6.07) is 12.6. The minimum atomic E-state index is -4.44. The van der Waals surface area contributed by atoms with E-state index in [0.717, 1.165) is 0 Å². The fraction of sp³-hybridized carbons (Fsp3) is 0.143. The zero-order valence-electron chi connectivity index (χ0n) is 11.0. The van der Waals surface area contributed by atoms with Gasteiger partial charge in [0.25, 0.3) is 0 Å². The van der Waals surface area contributed by atoms with Crippen LogP contribution in [0.2, 0.25) is 0 Å². The van der Waals surface area contributed by atoms with E-state index in [4.69, 9.17) is 19.3 Å². The number of hydrogen-bond acceptors (Lipinski definition) is 5. The molecule has 2 aromatic rings. The third-order valence-electron chi connectivity index (χ3n) is 2.71. The van der Waals surface area contributed by atoms with Crippen molar-refractivity contribution in [3.63, 3.8) is 0 Å². The molecule has 0 heterocycles. The SMILES string of the molecule is O=P(O)(Oc1ccccc1CO)Oc1ccccc1CO. The molecule has 0 amide bonds. The van der Waals surface area contributed by atoms with Crippen LogP contribution >= 0.6 is 7.82 Å². The normalized spacial score (nSPS) is 11.2. The third kappa shape index (κ3) is 4.06. The largest absolute Gasteiger partial charge is 0.584 e. The summed E-state index contributed by atoms with van der Waals surface area (Å²) in [7, 11) is -4.44. The first kappa shape index (κ1) is 15.5. The summed E-state index contributed by atoms with van der Waals surface area (Å²) in [5, 5.41) is 18.3. The molecule has 0 saturated heterocycles. The second kappa shape index (κ2) is 6.74. The van der Waals surface area contributed by atoms with E-state index in [2.05, 4.69) is 0 Å². The van der Waals surface area contributed by atoms with Gasteiger partial charge in [-0.05, 0) is 12.1 Å². The van der Waals surface area contributed by atoms with Crippen LogP contribution in [-0.2, 0) is 17.8 Å². The summed E-state index contributed by atoms with van der Waals surface area (Å²) in [4.78, 5) is 9.81. The van der Waals surface area contributed by atoms with Gasteiger partial charge in [0.2, 0.25) is 0 Å². The van der Waals surface area contributed by atoms with Crippen molar-refractivity contribution in [2.45, 2.75) is 13.2 Å². The molecule has 7 heteroatoms. The molecule has 0 fully saturated rings. The second-order valence-electron chi connectivity index (χ2n) is 4.18. The van der Waals surface area contributed by atoms with Crippen LogP contribution in [0, 0.1) is 0 Å². The molecule has 0 aliphatic heterocycles. The van der Waals surface area contributed by atoms with Crippen LogP contribution in [0.5, 0.6) is 11.5 Å². The first-order chi connectivity index (χ1) is 10.1. The zero-order chi connectivity index (χ0) is 15.3. The van der Waals surface area contributed by atoms with Gasteiger partial charge in [-0.1, -0.05) is 36.4 Å². The van der Waals surface area contributed by atoms with Crippen molar-refractivity contribution in [3.05, 3.63) is 59.7 Å². The Balaban J connectivity index is 2.20. The van der Waals surface area contributed by atoms with E-state index in [1.807, 2.05) is 0 Å². The molecule has 0 radical (unpaired) electrons. The fourth-order valence-corrected chi connectivity index (χ4v) is 2.60. The molecule has 0 aromatic heterocycles. The topological polar surface area (TPSA) is 96.2 Å². The van der Waals surface area contributed by atoms with Crippen LogP contribution in [0.3, 0.4) is 0 Å². The van der Waals surface area contributed by atoms with Gasteiger partial charge in [-0.3, -0.25) is 4.89 Å². The molecule has 21 heavy (non-hydrogen) atoms. The second-order valence-corrected chi connectivity index (χ2v) is 5.49. The number of aliphatic hydroxyl groups excluding tert-OH is 2. The van der Waals surface area contributed by atoms with Crippen LogP contribution in [0.4, 0.5) is 0 Å². The van der Waals surface area contributed by atoms with E-state index in [1.165, 1.54) is 12.1 Å². The molecular weight excluding hydrogens is 295 g/mol. The lowest BCUT2D eigenvalue weighted by Gasteiger charge is -2.16. The standard InChI is InChI=1S/C14H15O6P/c15-9-11-5-1-3-7-13(11)19-21(17,18)20-14-8-4-2-6-12(14)10-16/h1-8,15-16H,9-10H2,(H,17,18). The predicted molar refractivity (Wildman–Crippen MR) is 75.8 cm³/mol. The molecule has 0 saturated carbocycles. The van der Waals surface area contributed by atoms with E-state index in [9.17, 15) is 9.46 Å². The maximum atomic E-state index is 12.0. The summed E-state index contributed by atoms with van der Waals surface area (Å²) < 4.78 is 22.0. The van der Waals surface area contributed by atoms with Crippen LogP contribution in [-0.4, -0.2) is 15.1 Å². The molecule has 3 N–H and O–H groups in total. The quantitative estimate of drug-likeness (QED) is 0.708. The fourth-order valence-electron chi connectivity index (χ4n) is 1.71. The van der Waals surface area contributed by atoms with E-state index >= 15 is 0 Å². The molecule has 0 unspecified atom stereocenters. The highest BCUT2D eigenvalue weighted by Gasteiger charge is 2.27. The summed E-state index contributed by atoms with van der Waals surface area (Å²) in [6.45, 7) is -0.660. The maximum Gasteiger partial charge on any atom is 0.584 e. The lowest BCUT2D eigenvalue weighted by Crippen LogP contribution is -2.03. The molecule has 6 nitrogen and oxygen atoms in total. The zero-order valence-corrected chi connectivity index (χ0v) is 11.9. The van der Waals surface area contributed by atoms with Gasteiger partial charge < -0.3 is 19.3 Å². The number of phosphoric acid groups is 1. The Labute approximate surface area is 121 Å². The number of para-hydroxylation sites is 2. The number of phosphoric ester groups is 1. The third-order valence-corrected chi connectivity index (χ3v) is 3.57. The molecule has 0 aliphatic rings. The van der Waals surface area contributed by atoms with Gasteiger partial charge in [0.1, 0.15) is 11.5 Å². The van der Waals surface area contributed by atoms with Crippen molar-refractivity contribution in [2.75, 3.05) is 0 Å². The van der Waals surface area contributed by atoms with E-state index in [0.29, 0.717) is 11.1 Å². The van der Waals surface area contributed by atoms with Crippen molar-refractivity contribution >= 4 is 7.82 Å². The Morgan fingerprint density at radius 3 is 1.57 bits per heavy atom. The van der Waals surface area contributed by atoms with Crippen molar-refractivity contribution in [2.24, 2.45) is 0 Å². The maximum absolute atomic E-state index is 12.0. The first-order valence-corrected chi connectivity index (χ1v) is 7.65. The Hall–Kier alpha value is -1.85.